The van der Waals surface area contributed by atoms with Gasteiger partial charge in [0.25, 0.3) is 5.91 Å². The van der Waals surface area contributed by atoms with Gasteiger partial charge in [-0.3, -0.25) is 14.5 Å². The zero-order valence-corrected chi connectivity index (χ0v) is 22.6. The van der Waals surface area contributed by atoms with Gasteiger partial charge >= 0.3 is 5.97 Å². The van der Waals surface area contributed by atoms with Crippen LogP contribution in [0.15, 0.2) is 80.4 Å². The number of esters is 1. The molecule has 0 bridgehead atoms. The first-order valence-electron chi connectivity index (χ1n) is 12.5. The number of carbonyl (C=O) groups is 2. The maximum Gasteiger partial charge on any atom is 0.338 e. The molecule has 1 amide bonds. The molecule has 3 aromatic carbocycles. The van der Waals surface area contributed by atoms with Gasteiger partial charge in [0.1, 0.15) is 11.3 Å². The Morgan fingerprint density at radius 2 is 1.82 bits per heavy atom. The van der Waals surface area contributed by atoms with E-state index in [2.05, 4.69) is 15.9 Å². The standard InChI is InChI=1S/C30H26BrNO6/c1-3-5-15-37-30(35)18-9-12-21(13-10-18)32-26(19-7-6-8-22(16-19)36-4-2)25-27(33)23-17-20(31)11-14-24(23)38-28(25)29(32)34/h6-14,16-17,26H,3-5,15H2,1-2H3. The molecule has 7 nitrogen and oxygen atoms in total. The maximum atomic E-state index is 13.8. The lowest BCUT2D eigenvalue weighted by Gasteiger charge is -2.25. The average molecular weight is 576 g/mol. The Labute approximate surface area is 228 Å². The molecule has 0 fully saturated rings. The Morgan fingerprint density at radius 1 is 1.03 bits per heavy atom. The SMILES string of the molecule is CCCCOC(=O)c1ccc(N2C(=O)c3oc4ccc(Br)cc4c(=O)c3C2c2cccc(OCC)c2)cc1. The van der Waals surface area contributed by atoms with Crippen LogP contribution in [-0.2, 0) is 4.74 Å². The van der Waals surface area contributed by atoms with Gasteiger partial charge in [-0.2, -0.15) is 0 Å². The normalized spacial score (nSPS) is 14.6. The fourth-order valence-corrected chi connectivity index (χ4v) is 4.98. The summed E-state index contributed by atoms with van der Waals surface area (Å²) in [5.41, 5.74) is 1.92. The predicted octanol–water partition coefficient (Wildman–Crippen LogP) is 6.66. The summed E-state index contributed by atoms with van der Waals surface area (Å²) in [6.07, 6.45) is 1.72. The lowest BCUT2D eigenvalue weighted by Crippen LogP contribution is -2.29. The third-order valence-electron chi connectivity index (χ3n) is 6.43. The number of unbranched alkanes of at least 4 members (excludes halogenated alkanes) is 1. The van der Waals surface area contributed by atoms with Gasteiger partial charge < -0.3 is 13.9 Å². The van der Waals surface area contributed by atoms with Crippen LogP contribution in [-0.4, -0.2) is 25.1 Å². The molecule has 1 aromatic heterocycles. The fraction of sp³-hybridized carbons (Fsp3) is 0.233. The zero-order chi connectivity index (χ0) is 26.8. The lowest BCUT2D eigenvalue weighted by atomic mass is 9.98. The molecule has 38 heavy (non-hydrogen) atoms. The summed E-state index contributed by atoms with van der Waals surface area (Å²) in [7, 11) is 0. The zero-order valence-electron chi connectivity index (χ0n) is 21.0. The minimum atomic E-state index is -0.750. The second-order valence-corrected chi connectivity index (χ2v) is 9.85. The van der Waals surface area contributed by atoms with E-state index in [4.69, 9.17) is 13.9 Å². The van der Waals surface area contributed by atoms with E-state index >= 15 is 0 Å². The fourth-order valence-electron chi connectivity index (χ4n) is 4.62. The number of rotatable bonds is 8. The summed E-state index contributed by atoms with van der Waals surface area (Å²) in [6, 6.07) is 18.3. The summed E-state index contributed by atoms with van der Waals surface area (Å²) in [5, 5.41) is 0.379. The van der Waals surface area contributed by atoms with Crippen LogP contribution in [0.1, 0.15) is 64.8 Å². The Balaban J connectivity index is 1.63. The van der Waals surface area contributed by atoms with Gasteiger partial charge in [-0.05, 0) is 73.5 Å². The van der Waals surface area contributed by atoms with Gasteiger partial charge in [-0.25, -0.2) is 4.79 Å². The van der Waals surface area contributed by atoms with Crippen LogP contribution < -0.4 is 15.1 Å². The van der Waals surface area contributed by atoms with E-state index < -0.39 is 17.9 Å². The van der Waals surface area contributed by atoms with Gasteiger partial charge in [0.05, 0.1) is 35.8 Å². The molecule has 5 rings (SSSR count). The molecule has 1 aliphatic rings. The predicted molar refractivity (Wildman–Crippen MR) is 148 cm³/mol. The Bertz CT molecular complexity index is 1580. The molecule has 1 atom stereocenters. The first kappa shape index (κ1) is 25.7. The number of benzene rings is 3. The van der Waals surface area contributed by atoms with Gasteiger partial charge in [-0.15, -0.1) is 0 Å². The Hall–Kier alpha value is -3.91. The van der Waals surface area contributed by atoms with Crippen molar-refractivity contribution >= 4 is 44.5 Å². The molecule has 0 aliphatic carbocycles. The first-order valence-corrected chi connectivity index (χ1v) is 13.3. The third-order valence-corrected chi connectivity index (χ3v) is 6.92. The molecule has 0 saturated heterocycles. The Kier molecular flexibility index (Phi) is 7.33. The van der Waals surface area contributed by atoms with Crippen LogP contribution in [0.2, 0.25) is 0 Å². The van der Waals surface area contributed by atoms with Crippen molar-refractivity contribution in [1.82, 2.24) is 0 Å². The topological polar surface area (TPSA) is 86.0 Å². The molecule has 194 valence electrons. The van der Waals surface area contributed by atoms with Crippen molar-refractivity contribution in [3.8, 4) is 5.75 Å². The molecule has 4 aromatic rings. The highest BCUT2D eigenvalue weighted by molar-refractivity contribution is 9.10. The van der Waals surface area contributed by atoms with E-state index in [-0.39, 0.29) is 16.8 Å². The molecule has 0 spiro atoms. The summed E-state index contributed by atoms with van der Waals surface area (Å²) in [5.74, 6) is -0.230. The van der Waals surface area contributed by atoms with E-state index in [1.165, 1.54) is 4.90 Å². The van der Waals surface area contributed by atoms with Crippen molar-refractivity contribution in [3.63, 3.8) is 0 Å². The summed E-state index contributed by atoms with van der Waals surface area (Å²) >= 11 is 3.42. The molecular weight excluding hydrogens is 550 g/mol. The van der Waals surface area contributed by atoms with E-state index in [9.17, 15) is 14.4 Å². The van der Waals surface area contributed by atoms with E-state index in [0.717, 1.165) is 17.3 Å². The molecule has 1 aliphatic heterocycles. The van der Waals surface area contributed by atoms with E-state index in [1.54, 1.807) is 42.5 Å². The van der Waals surface area contributed by atoms with Crippen molar-refractivity contribution in [1.29, 1.82) is 0 Å². The van der Waals surface area contributed by atoms with Crippen molar-refractivity contribution in [2.75, 3.05) is 18.1 Å². The number of carbonyl (C=O) groups excluding carboxylic acids is 2. The number of fused-ring (bicyclic) bond motifs is 2. The monoisotopic (exact) mass is 575 g/mol. The van der Waals surface area contributed by atoms with Crippen LogP contribution in [0.5, 0.6) is 5.75 Å². The maximum absolute atomic E-state index is 13.8. The number of hydrogen-bond acceptors (Lipinski definition) is 6. The largest absolute Gasteiger partial charge is 0.494 e. The number of hydrogen-bond donors (Lipinski definition) is 0. The summed E-state index contributed by atoms with van der Waals surface area (Å²) in [4.78, 5) is 41.6. The number of halogens is 1. The second-order valence-electron chi connectivity index (χ2n) is 8.93. The second kappa shape index (κ2) is 10.8. The van der Waals surface area contributed by atoms with Gasteiger partial charge in [0.2, 0.25) is 5.76 Å². The van der Waals surface area contributed by atoms with Crippen molar-refractivity contribution in [2.45, 2.75) is 32.7 Å². The van der Waals surface area contributed by atoms with Crippen molar-refractivity contribution in [3.05, 3.63) is 104 Å². The number of ether oxygens (including phenoxy) is 2. The molecule has 0 saturated carbocycles. The quantitative estimate of drug-likeness (QED) is 0.172. The highest BCUT2D eigenvalue weighted by Gasteiger charge is 2.43. The Morgan fingerprint density at radius 3 is 2.55 bits per heavy atom. The van der Waals surface area contributed by atoms with E-state index in [0.29, 0.717) is 46.7 Å². The average Bonchev–Trinajstić information content (AvgIpc) is 3.22. The van der Waals surface area contributed by atoms with Crippen LogP contribution in [0.4, 0.5) is 5.69 Å². The molecule has 2 heterocycles. The minimum Gasteiger partial charge on any atom is -0.494 e. The lowest BCUT2D eigenvalue weighted by molar-refractivity contribution is 0.0499. The molecular formula is C30H26BrNO6. The molecule has 1 unspecified atom stereocenters. The smallest absolute Gasteiger partial charge is 0.338 e. The third kappa shape index (κ3) is 4.72. The number of nitrogens with zero attached hydrogens (tertiary/aromatic N) is 1. The van der Waals surface area contributed by atoms with Crippen LogP contribution >= 0.6 is 15.9 Å². The summed E-state index contributed by atoms with van der Waals surface area (Å²) in [6.45, 7) is 4.74. The molecule has 0 N–H and O–H groups in total. The van der Waals surface area contributed by atoms with Gasteiger partial charge in [0, 0.05) is 10.2 Å². The number of amides is 1. The van der Waals surface area contributed by atoms with Gasteiger partial charge in [0.15, 0.2) is 5.43 Å². The van der Waals surface area contributed by atoms with Crippen LogP contribution in [0.25, 0.3) is 11.0 Å². The molecule has 8 heteroatoms. The van der Waals surface area contributed by atoms with Crippen LogP contribution in [0.3, 0.4) is 0 Å². The number of anilines is 1. The highest BCUT2D eigenvalue weighted by Crippen LogP contribution is 2.42. The van der Waals surface area contributed by atoms with Crippen LogP contribution in [0, 0.1) is 0 Å². The molecule has 0 radical (unpaired) electrons. The van der Waals surface area contributed by atoms with Crippen molar-refractivity contribution < 1.29 is 23.5 Å². The first-order chi connectivity index (χ1) is 18.4. The van der Waals surface area contributed by atoms with Gasteiger partial charge in [-0.1, -0.05) is 41.4 Å². The minimum absolute atomic E-state index is 0.000290. The highest BCUT2D eigenvalue weighted by atomic mass is 79.9. The summed E-state index contributed by atoms with van der Waals surface area (Å²) < 4.78 is 17.8. The van der Waals surface area contributed by atoms with E-state index in [1.807, 2.05) is 38.1 Å². The van der Waals surface area contributed by atoms with Crippen molar-refractivity contribution in [2.24, 2.45) is 0 Å².